The molecular weight excluding hydrogens is 306 g/mol. The highest BCUT2D eigenvalue weighted by Crippen LogP contribution is 2.14. The summed E-state index contributed by atoms with van der Waals surface area (Å²) in [5, 5.41) is 8.87. The lowest BCUT2D eigenvalue weighted by atomic mass is 9.97. The van der Waals surface area contributed by atoms with E-state index in [0.717, 1.165) is 24.8 Å². The summed E-state index contributed by atoms with van der Waals surface area (Å²) >= 11 is 0. The van der Waals surface area contributed by atoms with E-state index in [1.807, 2.05) is 18.2 Å². The van der Waals surface area contributed by atoms with Crippen molar-refractivity contribution in [1.82, 2.24) is 4.90 Å². The fourth-order valence-electron chi connectivity index (χ4n) is 2.34. The molecule has 0 aromatic heterocycles. The predicted molar refractivity (Wildman–Crippen MR) is 93.1 cm³/mol. The van der Waals surface area contributed by atoms with E-state index < -0.39 is 11.9 Å². The molecule has 0 aliphatic rings. The first-order valence-electron chi connectivity index (χ1n) is 8.36. The van der Waals surface area contributed by atoms with Gasteiger partial charge in [-0.2, -0.15) is 0 Å². The fourth-order valence-corrected chi connectivity index (χ4v) is 2.34. The number of hydrogen-bond acceptors (Lipinski definition) is 3. The number of carbonyl (C=O) groups is 3. The predicted octanol–water partition coefficient (Wildman–Crippen LogP) is 3.17. The van der Waals surface area contributed by atoms with Gasteiger partial charge in [-0.05, 0) is 37.3 Å². The van der Waals surface area contributed by atoms with E-state index in [0.29, 0.717) is 18.4 Å². The van der Waals surface area contributed by atoms with Crippen LogP contribution in [0, 0.1) is 5.92 Å². The second kappa shape index (κ2) is 9.85. The van der Waals surface area contributed by atoms with Crippen LogP contribution in [0.25, 0.3) is 0 Å². The van der Waals surface area contributed by atoms with Gasteiger partial charge in [-0.3, -0.25) is 14.4 Å². The van der Waals surface area contributed by atoms with E-state index in [4.69, 9.17) is 5.11 Å². The Morgan fingerprint density at radius 2 is 1.83 bits per heavy atom. The van der Waals surface area contributed by atoms with Crippen molar-refractivity contribution in [3.05, 3.63) is 35.4 Å². The highest BCUT2D eigenvalue weighted by molar-refractivity contribution is 5.96. The quantitative estimate of drug-likeness (QED) is 0.527. The highest BCUT2D eigenvalue weighted by atomic mass is 16.4. The van der Waals surface area contributed by atoms with Crippen molar-refractivity contribution in [2.24, 2.45) is 5.92 Å². The third kappa shape index (κ3) is 6.94. The third-order valence-corrected chi connectivity index (χ3v) is 4.08. The smallest absolute Gasteiger partial charge is 0.306 e. The molecule has 0 radical (unpaired) electrons. The van der Waals surface area contributed by atoms with Crippen molar-refractivity contribution in [1.29, 1.82) is 0 Å². The maximum Gasteiger partial charge on any atom is 0.306 e. The molecule has 0 heterocycles. The van der Waals surface area contributed by atoms with E-state index >= 15 is 0 Å². The molecule has 1 amide bonds. The van der Waals surface area contributed by atoms with Crippen LogP contribution in [0.5, 0.6) is 0 Å². The number of hydrogen-bond donors (Lipinski definition) is 1. The molecule has 1 N–H and O–H groups in total. The molecule has 0 saturated carbocycles. The Morgan fingerprint density at radius 3 is 2.46 bits per heavy atom. The molecule has 0 spiro atoms. The van der Waals surface area contributed by atoms with Crippen LogP contribution in [0.3, 0.4) is 0 Å². The van der Waals surface area contributed by atoms with Gasteiger partial charge in [0.15, 0.2) is 5.78 Å². The molecule has 1 aromatic rings. The molecule has 1 rings (SSSR count). The van der Waals surface area contributed by atoms with Crippen molar-refractivity contribution >= 4 is 17.7 Å². The van der Waals surface area contributed by atoms with Crippen LogP contribution in [-0.4, -0.2) is 41.8 Å². The number of carboxylic acids is 1. The molecule has 0 fully saturated rings. The SMILES string of the molecule is C[C@@H](CCC(=O)c1cccc(CCCCC(=O)N(C)C)c1)C(=O)O. The summed E-state index contributed by atoms with van der Waals surface area (Å²) in [6.07, 6.45) is 3.68. The Labute approximate surface area is 143 Å². The van der Waals surface area contributed by atoms with Gasteiger partial charge in [0.05, 0.1) is 5.92 Å². The molecule has 1 aromatic carbocycles. The van der Waals surface area contributed by atoms with Gasteiger partial charge in [-0.25, -0.2) is 0 Å². The molecule has 0 saturated heterocycles. The largest absolute Gasteiger partial charge is 0.481 e. The summed E-state index contributed by atoms with van der Waals surface area (Å²) in [7, 11) is 3.51. The lowest BCUT2D eigenvalue weighted by Gasteiger charge is -2.10. The van der Waals surface area contributed by atoms with Gasteiger partial charge >= 0.3 is 5.97 Å². The van der Waals surface area contributed by atoms with Crippen molar-refractivity contribution < 1.29 is 19.5 Å². The van der Waals surface area contributed by atoms with Crippen LogP contribution in [0.15, 0.2) is 24.3 Å². The minimum Gasteiger partial charge on any atom is -0.481 e. The first-order chi connectivity index (χ1) is 11.3. The molecule has 5 heteroatoms. The molecule has 0 unspecified atom stereocenters. The first-order valence-corrected chi connectivity index (χ1v) is 8.36. The van der Waals surface area contributed by atoms with Gasteiger partial charge in [0.2, 0.25) is 5.91 Å². The molecule has 0 aliphatic carbocycles. The second-order valence-corrected chi connectivity index (χ2v) is 6.40. The van der Waals surface area contributed by atoms with E-state index in [9.17, 15) is 14.4 Å². The lowest BCUT2D eigenvalue weighted by Crippen LogP contribution is -2.21. The average molecular weight is 333 g/mol. The Morgan fingerprint density at radius 1 is 1.12 bits per heavy atom. The number of aliphatic carboxylic acids is 1. The summed E-state index contributed by atoms with van der Waals surface area (Å²) in [5.41, 5.74) is 1.71. The highest BCUT2D eigenvalue weighted by Gasteiger charge is 2.14. The zero-order valence-corrected chi connectivity index (χ0v) is 14.7. The summed E-state index contributed by atoms with van der Waals surface area (Å²) < 4.78 is 0. The number of Topliss-reactive ketones (excluding diaryl/α,β-unsaturated/α-hetero) is 1. The van der Waals surface area contributed by atoms with Crippen LogP contribution in [0.2, 0.25) is 0 Å². The molecule has 24 heavy (non-hydrogen) atoms. The molecule has 5 nitrogen and oxygen atoms in total. The summed E-state index contributed by atoms with van der Waals surface area (Å²) in [5.74, 6) is -1.27. The average Bonchev–Trinajstić information content (AvgIpc) is 2.55. The minimum atomic E-state index is -0.871. The lowest BCUT2D eigenvalue weighted by molar-refractivity contribution is -0.141. The number of carbonyl (C=O) groups excluding carboxylic acids is 2. The van der Waals surface area contributed by atoms with Gasteiger partial charge in [0.25, 0.3) is 0 Å². The van der Waals surface area contributed by atoms with Crippen LogP contribution in [0.4, 0.5) is 0 Å². The van der Waals surface area contributed by atoms with Crippen molar-refractivity contribution in [3.8, 4) is 0 Å². The van der Waals surface area contributed by atoms with Gasteiger partial charge in [0.1, 0.15) is 0 Å². The topological polar surface area (TPSA) is 74.7 Å². The maximum absolute atomic E-state index is 12.2. The number of benzene rings is 1. The van der Waals surface area contributed by atoms with Gasteiger partial charge in [0, 0.05) is 32.5 Å². The summed E-state index contributed by atoms with van der Waals surface area (Å²) in [4.78, 5) is 36.1. The van der Waals surface area contributed by atoms with Crippen molar-refractivity contribution in [3.63, 3.8) is 0 Å². The van der Waals surface area contributed by atoms with Gasteiger partial charge in [-0.1, -0.05) is 25.1 Å². The van der Waals surface area contributed by atoms with E-state index in [1.54, 1.807) is 32.0 Å². The third-order valence-electron chi connectivity index (χ3n) is 4.08. The molecule has 1 atom stereocenters. The zero-order valence-electron chi connectivity index (χ0n) is 14.7. The van der Waals surface area contributed by atoms with E-state index in [-0.39, 0.29) is 18.1 Å². The number of ketones is 1. The van der Waals surface area contributed by atoms with Crippen LogP contribution in [0.1, 0.15) is 54.9 Å². The Hall–Kier alpha value is -2.17. The molecule has 132 valence electrons. The van der Waals surface area contributed by atoms with Crippen LogP contribution in [-0.2, 0) is 16.0 Å². The number of carboxylic acid groups (broad SMARTS) is 1. The maximum atomic E-state index is 12.2. The number of amides is 1. The summed E-state index contributed by atoms with van der Waals surface area (Å²) in [6.45, 7) is 1.61. The Bertz CT molecular complexity index is 580. The molecule has 0 bridgehead atoms. The monoisotopic (exact) mass is 333 g/mol. The van der Waals surface area contributed by atoms with Crippen LogP contribution < -0.4 is 0 Å². The summed E-state index contributed by atoms with van der Waals surface area (Å²) in [6, 6.07) is 7.48. The van der Waals surface area contributed by atoms with Crippen molar-refractivity contribution in [2.45, 2.75) is 45.4 Å². The Kier molecular flexibility index (Phi) is 8.16. The van der Waals surface area contributed by atoms with Crippen molar-refractivity contribution in [2.75, 3.05) is 14.1 Å². The number of unbranched alkanes of at least 4 members (excludes halogenated alkanes) is 1. The minimum absolute atomic E-state index is 0.0206. The molecular formula is C19H27NO4. The first kappa shape index (κ1) is 19.9. The van der Waals surface area contributed by atoms with E-state index in [1.165, 1.54) is 0 Å². The number of nitrogens with zero attached hydrogens (tertiary/aromatic N) is 1. The number of rotatable bonds is 10. The van der Waals surface area contributed by atoms with Gasteiger partial charge < -0.3 is 10.0 Å². The standard InChI is InChI=1S/C19H27NO4/c1-14(19(23)24)11-12-17(21)16-9-6-8-15(13-16)7-4-5-10-18(22)20(2)3/h6,8-9,13-14H,4-5,7,10-12H2,1-3H3,(H,23,24)/t14-/m0/s1. The molecule has 0 aliphatic heterocycles. The number of aryl methyl sites for hydroxylation is 1. The van der Waals surface area contributed by atoms with E-state index in [2.05, 4.69) is 0 Å². The second-order valence-electron chi connectivity index (χ2n) is 6.40. The zero-order chi connectivity index (χ0) is 18.1. The van der Waals surface area contributed by atoms with Crippen LogP contribution >= 0.6 is 0 Å². The Balaban J connectivity index is 2.47. The fraction of sp³-hybridized carbons (Fsp3) is 0.526. The normalized spacial score (nSPS) is 11.8. The van der Waals surface area contributed by atoms with Gasteiger partial charge in [-0.15, -0.1) is 0 Å².